The number of hydrogen-bond acceptors (Lipinski definition) is 5. The number of fused-ring (bicyclic) bond motifs is 1. The number of anilines is 1. The van der Waals surface area contributed by atoms with Gasteiger partial charge in [0.2, 0.25) is 5.91 Å². The lowest BCUT2D eigenvalue weighted by atomic mass is 10.2. The molecule has 0 atom stereocenters. The van der Waals surface area contributed by atoms with Crippen LogP contribution in [0.25, 0.3) is 16.6 Å². The number of halogens is 1. The number of rotatable bonds is 7. The minimum Gasteiger partial charge on any atom is -0.492 e. The van der Waals surface area contributed by atoms with Gasteiger partial charge in [-0.1, -0.05) is 53.7 Å². The molecule has 0 saturated heterocycles. The van der Waals surface area contributed by atoms with Gasteiger partial charge in [-0.05, 0) is 55.8 Å². The van der Waals surface area contributed by atoms with Gasteiger partial charge < -0.3 is 10.1 Å². The van der Waals surface area contributed by atoms with Crippen LogP contribution in [-0.2, 0) is 4.79 Å². The van der Waals surface area contributed by atoms with Crippen LogP contribution in [0.15, 0.2) is 76.7 Å². The van der Waals surface area contributed by atoms with Crippen molar-refractivity contribution in [3.63, 3.8) is 0 Å². The predicted molar refractivity (Wildman–Crippen MR) is 134 cm³/mol. The predicted octanol–water partition coefficient (Wildman–Crippen LogP) is 5.48. The first-order valence-corrected chi connectivity index (χ1v) is 11.8. The number of aromatic nitrogens is 2. The number of thioether (sulfide) groups is 1. The SMILES string of the molecule is CCOc1ccccc1NC(=O)CSc1nc2cc(Cl)ccc2c(=O)n1-c1ccccc1C. The number of nitrogens with one attached hydrogen (secondary N) is 1. The van der Waals surface area contributed by atoms with Gasteiger partial charge in [0.15, 0.2) is 5.16 Å². The van der Waals surface area contributed by atoms with Gasteiger partial charge in [-0.15, -0.1) is 0 Å². The molecule has 0 bridgehead atoms. The number of hydrogen-bond donors (Lipinski definition) is 1. The lowest BCUT2D eigenvalue weighted by Gasteiger charge is -2.15. The number of ether oxygens (including phenoxy) is 1. The third kappa shape index (κ3) is 5.05. The minimum absolute atomic E-state index is 0.0604. The van der Waals surface area contributed by atoms with E-state index in [2.05, 4.69) is 10.3 Å². The van der Waals surface area contributed by atoms with Crippen LogP contribution < -0.4 is 15.6 Å². The topological polar surface area (TPSA) is 73.2 Å². The summed E-state index contributed by atoms with van der Waals surface area (Å²) < 4.78 is 7.13. The van der Waals surface area contributed by atoms with Crippen LogP contribution in [0, 0.1) is 6.92 Å². The lowest BCUT2D eigenvalue weighted by molar-refractivity contribution is -0.113. The monoisotopic (exact) mass is 479 g/mol. The number of amides is 1. The number of para-hydroxylation sites is 3. The van der Waals surface area contributed by atoms with Gasteiger partial charge in [-0.25, -0.2) is 4.98 Å². The summed E-state index contributed by atoms with van der Waals surface area (Å²) in [6.07, 6.45) is 0. The van der Waals surface area contributed by atoms with Gasteiger partial charge in [0.1, 0.15) is 5.75 Å². The summed E-state index contributed by atoms with van der Waals surface area (Å²) in [5.41, 5.74) is 2.51. The summed E-state index contributed by atoms with van der Waals surface area (Å²) in [6, 6.07) is 19.8. The smallest absolute Gasteiger partial charge is 0.266 e. The molecule has 168 valence electrons. The van der Waals surface area contributed by atoms with Crippen molar-refractivity contribution in [2.24, 2.45) is 0 Å². The summed E-state index contributed by atoms with van der Waals surface area (Å²) in [5.74, 6) is 0.433. The number of benzene rings is 3. The van der Waals surface area contributed by atoms with Gasteiger partial charge in [0, 0.05) is 5.02 Å². The van der Waals surface area contributed by atoms with Crippen LogP contribution in [0.1, 0.15) is 12.5 Å². The zero-order chi connectivity index (χ0) is 23.4. The Balaban J connectivity index is 1.68. The molecule has 3 aromatic carbocycles. The molecular formula is C25H22ClN3O3S. The third-order valence-corrected chi connectivity index (χ3v) is 6.12. The first kappa shape index (κ1) is 22.9. The lowest BCUT2D eigenvalue weighted by Crippen LogP contribution is -2.23. The Kier molecular flexibility index (Phi) is 7.01. The van der Waals surface area contributed by atoms with Gasteiger partial charge in [-0.3, -0.25) is 14.2 Å². The molecule has 0 spiro atoms. The Labute approximate surface area is 200 Å². The van der Waals surface area contributed by atoms with E-state index < -0.39 is 0 Å². The molecule has 1 N–H and O–H groups in total. The highest BCUT2D eigenvalue weighted by molar-refractivity contribution is 7.99. The molecule has 0 radical (unpaired) electrons. The van der Waals surface area contributed by atoms with Gasteiger partial charge in [0.25, 0.3) is 5.56 Å². The third-order valence-electron chi connectivity index (χ3n) is 4.95. The Hall–Kier alpha value is -3.29. The van der Waals surface area contributed by atoms with E-state index in [1.807, 2.05) is 50.2 Å². The van der Waals surface area contributed by atoms with E-state index >= 15 is 0 Å². The number of carbonyl (C=O) groups is 1. The van der Waals surface area contributed by atoms with Crippen LogP contribution in [-0.4, -0.2) is 27.8 Å². The van der Waals surface area contributed by atoms with E-state index in [0.717, 1.165) is 11.3 Å². The average molecular weight is 480 g/mol. The molecule has 1 aromatic heterocycles. The summed E-state index contributed by atoms with van der Waals surface area (Å²) in [5, 5.41) is 4.24. The fourth-order valence-corrected chi connectivity index (χ4v) is 4.40. The van der Waals surface area contributed by atoms with Crippen molar-refractivity contribution in [1.29, 1.82) is 0 Å². The maximum Gasteiger partial charge on any atom is 0.266 e. The normalized spacial score (nSPS) is 10.9. The van der Waals surface area contributed by atoms with E-state index in [0.29, 0.717) is 39.1 Å². The Morgan fingerprint density at radius 2 is 1.88 bits per heavy atom. The van der Waals surface area contributed by atoms with Gasteiger partial charge in [-0.2, -0.15) is 0 Å². The van der Waals surface area contributed by atoms with E-state index in [4.69, 9.17) is 16.3 Å². The summed E-state index contributed by atoms with van der Waals surface area (Å²) >= 11 is 7.32. The van der Waals surface area contributed by atoms with Crippen LogP contribution in [0.5, 0.6) is 5.75 Å². The molecule has 0 aliphatic carbocycles. The quantitative estimate of drug-likeness (QED) is 0.281. The van der Waals surface area contributed by atoms with E-state index in [9.17, 15) is 9.59 Å². The van der Waals surface area contributed by atoms with Crippen molar-refractivity contribution in [1.82, 2.24) is 9.55 Å². The second-order valence-electron chi connectivity index (χ2n) is 7.25. The van der Waals surface area contributed by atoms with Crippen molar-refractivity contribution in [3.8, 4) is 11.4 Å². The number of nitrogens with zero attached hydrogens (tertiary/aromatic N) is 2. The van der Waals surface area contributed by atoms with Crippen molar-refractivity contribution < 1.29 is 9.53 Å². The number of carbonyl (C=O) groups excluding carboxylic acids is 1. The average Bonchev–Trinajstić information content (AvgIpc) is 2.80. The van der Waals surface area contributed by atoms with Crippen LogP contribution >= 0.6 is 23.4 Å². The van der Waals surface area contributed by atoms with Crippen molar-refractivity contribution in [2.75, 3.05) is 17.7 Å². The van der Waals surface area contributed by atoms with E-state index in [1.165, 1.54) is 11.8 Å². The zero-order valence-corrected chi connectivity index (χ0v) is 19.7. The largest absolute Gasteiger partial charge is 0.492 e. The molecular weight excluding hydrogens is 458 g/mol. The fraction of sp³-hybridized carbons (Fsp3) is 0.160. The van der Waals surface area contributed by atoms with Crippen molar-refractivity contribution in [2.45, 2.75) is 19.0 Å². The highest BCUT2D eigenvalue weighted by atomic mass is 35.5. The first-order chi connectivity index (χ1) is 16.0. The van der Waals surface area contributed by atoms with Crippen LogP contribution in [0.4, 0.5) is 5.69 Å². The minimum atomic E-state index is -0.232. The Morgan fingerprint density at radius 1 is 1.12 bits per heavy atom. The molecule has 33 heavy (non-hydrogen) atoms. The number of aryl methyl sites for hydroxylation is 1. The standard InChI is InChI=1S/C25H22ClN3O3S/c1-3-32-22-11-7-5-9-19(22)27-23(30)15-33-25-28-20-14-17(26)12-13-18(20)24(31)29(25)21-10-6-4-8-16(21)2/h4-14H,3,15H2,1-2H3,(H,27,30). The molecule has 0 saturated carbocycles. The molecule has 8 heteroatoms. The van der Waals surface area contributed by atoms with E-state index in [-0.39, 0.29) is 17.2 Å². The Bertz CT molecular complexity index is 1390. The first-order valence-electron chi connectivity index (χ1n) is 10.4. The van der Waals surface area contributed by atoms with Crippen LogP contribution in [0.2, 0.25) is 5.02 Å². The second kappa shape index (κ2) is 10.1. The molecule has 4 rings (SSSR count). The van der Waals surface area contributed by atoms with Crippen molar-refractivity contribution in [3.05, 3.63) is 87.7 Å². The van der Waals surface area contributed by atoms with Crippen LogP contribution in [0.3, 0.4) is 0 Å². The summed E-state index contributed by atoms with van der Waals surface area (Å²) in [4.78, 5) is 30.8. The molecule has 4 aromatic rings. The molecule has 0 unspecified atom stereocenters. The fourth-order valence-electron chi connectivity index (χ4n) is 3.43. The van der Waals surface area contributed by atoms with Gasteiger partial charge >= 0.3 is 0 Å². The molecule has 1 amide bonds. The van der Waals surface area contributed by atoms with E-state index in [1.54, 1.807) is 34.9 Å². The molecule has 0 aliphatic heterocycles. The zero-order valence-electron chi connectivity index (χ0n) is 18.2. The molecule has 1 heterocycles. The maximum atomic E-state index is 13.4. The molecule has 0 aliphatic rings. The summed E-state index contributed by atoms with van der Waals surface area (Å²) in [7, 11) is 0. The highest BCUT2D eigenvalue weighted by Gasteiger charge is 2.17. The highest BCUT2D eigenvalue weighted by Crippen LogP contribution is 2.26. The van der Waals surface area contributed by atoms with Crippen molar-refractivity contribution >= 4 is 45.9 Å². The molecule has 6 nitrogen and oxygen atoms in total. The maximum absolute atomic E-state index is 13.4. The van der Waals surface area contributed by atoms with Gasteiger partial charge in [0.05, 0.1) is 34.6 Å². The Morgan fingerprint density at radius 3 is 2.67 bits per heavy atom. The summed E-state index contributed by atoms with van der Waals surface area (Å²) in [6.45, 7) is 4.31. The second-order valence-corrected chi connectivity index (χ2v) is 8.63. The molecule has 0 fully saturated rings.